The first-order chi connectivity index (χ1) is 8.63. The summed E-state index contributed by atoms with van der Waals surface area (Å²) >= 11 is 0. The fraction of sp³-hybridized carbons (Fsp3) is 0.444. The van der Waals surface area contributed by atoms with Gasteiger partial charge in [-0.3, -0.25) is 9.59 Å². The van der Waals surface area contributed by atoms with Crippen molar-refractivity contribution >= 4 is 22.0 Å². The molecular weight excluding hydrogens is 278 g/mol. The first-order valence-corrected chi connectivity index (χ1v) is 6.58. The van der Waals surface area contributed by atoms with Crippen LogP contribution >= 0.6 is 0 Å². The van der Waals surface area contributed by atoms with Crippen molar-refractivity contribution < 1.29 is 28.2 Å². The molecule has 10 heteroatoms. The van der Waals surface area contributed by atoms with Gasteiger partial charge in [-0.15, -0.1) is 0 Å². The SMILES string of the molecule is Cc1nc(S(=O)(=O)N[C@@H](CC(=O)O)C(=O)O)cn1C. The smallest absolute Gasteiger partial charge is 0.322 e. The van der Waals surface area contributed by atoms with E-state index < -0.39 is 34.4 Å². The molecule has 0 aliphatic rings. The minimum Gasteiger partial charge on any atom is -0.481 e. The van der Waals surface area contributed by atoms with E-state index in [-0.39, 0.29) is 5.03 Å². The van der Waals surface area contributed by atoms with Crippen LogP contribution in [0.3, 0.4) is 0 Å². The van der Waals surface area contributed by atoms with Crippen molar-refractivity contribution in [3.05, 3.63) is 12.0 Å². The Balaban J connectivity index is 3.00. The van der Waals surface area contributed by atoms with Gasteiger partial charge in [-0.05, 0) is 6.92 Å². The number of carboxylic acid groups (broad SMARTS) is 2. The maximum atomic E-state index is 11.9. The number of aromatic nitrogens is 2. The minimum absolute atomic E-state index is 0.357. The molecule has 0 amide bonds. The second-order valence-corrected chi connectivity index (χ2v) is 5.51. The lowest BCUT2D eigenvalue weighted by molar-refractivity contribution is -0.145. The van der Waals surface area contributed by atoms with E-state index in [0.29, 0.717) is 5.82 Å². The summed E-state index contributed by atoms with van der Waals surface area (Å²) in [5.41, 5.74) is 0. The molecule has 0 unspecified atom stereocenters. The highest BCUT2D eigenvalue weighted by molar-refractivity contribution is 7.89. The number of rotatable bonds is 6. The van der Waals surface area contributed by atoms with E-state index in [2.05, 4.69) is 4.98 Å². The molecule has 0 bridgehead atoms. The van der Waals surface area contributed by atoms with Gasteiger partial charge in [0.15, 0.2) is 5.03 Å². The molecule has 1 atom stereocenters. The molecule has 1 aromatic rings. The molecule has 0 saturated heterocycles. The predicted octanol–water partition coefficient (Wildman–Crippen LogP) is -1.07. The number of carboxylic acids is 2. The van der Waals surface area contributed by atoms with Gasteiger partial charge in [0.05, 0.1) is 6.42 Å². The third kappa shape index (κ3) is 3.76. The number of hydrogen-bond acceptors (Lipinski definition) is 5. The Labute approximate surface area is 108 Å². The first-order valence-electron chi connectivity index (χ1n) is 5.10. The molecule has 0 aliphatic heterocycles. The van der Waals surface area contributed by atoms with E-state index in [9.17, 15) is 18.0 Å². The van der Waals surface area contributed by atoms with Crippen LogP contribution in [0.1, 0.15) is 12.2 Å². The summed E-state index contributed by atoms with van der Waals surface area (Å²) in [6, 6.07) is -1.75. The molecule has 106 valence electrons. The van der Waals surface area contributed by atoms with Crippen LogP contribution in [0.25, 0.3) is 0 Å². The lowest BCUT2D eigenvalue weighted by Crippen LogP contribution is -2.42. The Hall–Kier alpha value is -1.94. The average Bonchev–Trinajstić information content (AvgIpc) is 2.58. The van der Waals surface area contributed by atoms with Crippen molar-refractivity contribution in [2.75, 3.05) is 0 Å². The van der Waals surface area contributed by atoms with E-state index in [4.69, 9.17) is 10.2 Å². The van der Waals surface area contributed by atoms with Crippen LogP contribution in [-0.4, -0.2) is 46.2 Å². The number of carbonyl (C=O) groups is 2. The lowest BCUT2D eigenvalue weighted by Gasteiger charge is -2.11. The molecule has 9 nitrogen and oxygen atoms in total. The quantitative estimate of drug-likeness (QED) is 0.606. The predicted molar refractivity (Wildman–Crippen MR) is 61.9 cm³/mol. The molecule has 0 spiro atoms. The van der Waals surface area contributed by atoms with Crippen molar-refractivity contribution in [2.45, 2.75) is 24.4 Å². The third-order valence-electron chi connectivity index (χ3n) is 2.34. The standard InChI is InChI=1S/C9H13N3O6S/c1-5-10-7(4-12(5)2)19(17,18)11-6(9(15)16)3-8(13)14/h4,6,11H,3H2,1-2H3,(H,13,14)(H,15,16)/t6-/m0/s1. The highest BCUT2D eigenvalue weighted by atomic mass is 32.2. The Morgan fingerprint density at radius 3 is 2.42 bits per heavy atom. The van der Waals surface area contributed by atoms with Gasteiger partial charge in [0.1, 0.15) is 11.9 Å². The number of imidazole rings is 1. The van der Waals surface area contributed by atoms with E-state index in [0.717, 1.165) is 0 Å². The molecule has 19 heavy (non-hydrogen) atoms. The number of nitrogens with zero attached hydrogens (tertiary/aromatic N) is 2. The fourth-order valence-electron chi connectivity index (χ4n) is 1.26. The lowest BCUT2D eigenvalue weighted by atomic mass is 10.2. The Bertz CT molecular complexity index is 586. The van der Waals surface area contributed by atoms with Crippen LogP contribution in [0.4, 0.5) is 0 Å². The fourth-order valence-corrected chi connectivity index (χ4v) is 2.49. The summed E-state index contributed by atoms with van der Waals surface area (Å²) in [7, 11) is -2.60. The topological polar surface area (TPSA) is 139 Å². The normalized spacial score (nSPS) is 13.2. The number of sulfonamides is 1. The number of aliphatic carboxylic acids is 2. The summed E-state index contributed by atoms with van der Waals surface area (Å²) < 4.78 is 26.9. The maximum absolute atomic E-state index is 11.9. The molecular formula is C9H13N3O6S. The summed E-state index contributed by atoms with van der Waals surface area (Å²) in [6.07, 6.45) is 0.345. The van der Waals surface area contributed by atoms with Crippen LogP contribution in [0, 0.1) is 6.92 Å². The number of aryl methyl sites for hydroxylation is 2. The molecule has 0 radical (unpaired) electrons. The molecule has 0 aliphatic carbocycles. The van der Waals surface area contributed by atoms with Crippen LogP contribution in [0.15, 0.2) is 11.2 Å². The summed E-state index contributed by atoms with van der Waals surface area (Å²) in [5, 5.41) is 16.9. The van der Waals surface area contributed by atoms with Crippen molar-refractivity contribution in [3.8, 4) is 0 Å². The average molecular weight is 291 g/mol. The molecule has 0 fully saturated rings. The zero-order valence-electron chi connectivity index (χ0n) is 10.2. The van der Waals surface area contributed by atoms with Gasteiger partial charge in [0, 0.05) is 13.2 Å². The van der Waals surface area contributed by atoms with Crippen LogP contribution in [0.2, 0.25) is 0 Å². The van der Waals surface area contributed by atoms with Gasteiger partial charge in [-0.2, -0.15) is 4.72 Å². The molecule has 1 heterocycles. The van der Waals surface area contributed by atoms with E-state index >= 15 is 0 Å². The third-order valence-corrected chi connectivity index (χ3v) is 3.68. The minimum atomic E-state index is -4.18. The van der Waals surface area contributed by atoms with Gasteiger partial charge >= 0.3 is 11.9 Å². The molecule has 1 aromatic heterocycles. The Kier molecular flexibility index (Phi) is 4.27. The van der Waals surface area contributed by atoms with Crippen molar-refractivity contribution in [2.24, 2.45) is 7.05 Å². The van der Waals surface area contributed by atoms with Gasteiger partial charge < -0.3 is 14.8 Å². The zero-order valence-corrected chi connectivity index (χ0v) is 11.0. The van der Waals surface area contributed by atoms with Gasteiger partial charge in [0.2, 0.25) is 0 Å². The maximum Gasteiger partial charge on any atom is 0.322 e. The highest BCUT2D eigenvalue weighted by Crippen LogP contribution is 2.09. The van der Waals surface area contributed by atoms with Crippen LogP contribution in [0.5, 0.6) is 0 Å². The largest absolute Gasteiger partial charge is 0.481 e. The van der Waals surface area contributed by atoms with Crippen LogP contribution < -0.4 is 4.72 Å². The molecule has 0 aromatic carbocycles. The monoisotopic (exact) mass is 291 g/mol. The van der Waals surface area contributed by atoms with Crippen molar-refractivity contribution in [1.29, 1.82) is 0 Å². The Morgan fingerprint density at radius 2 is 2.05 bits per heavy atom. The molecule has 1 rings (SSSR count). The second-order valence-electron chi connectivity index (χ2n) is 3.85. The van der Waals surface area contributed by atoms with E-state index in [1.165, 1.54) is 10.8 Å². The van der Waals surface area contributed by atoms with Gasteiger partial charge in [-0.1, -0.05) is 0 Å². The second kappa shape index (κ2) is 5.36. The van der Waals surface area contributed by atoms with Gasteiger partial charge in [0.25, 0.3) is 10.0 Å². The highest BCUT2D eigenvalue weighted by Gasteiger charge is 2.29. The van der Waals surface area contributed by atoms with Crippen molar-refractivity contribution in [3.63, 3.8) is 0 Å². The Morgan fingerprint density at radius 1 is 1.47 bits per heavy atom. The van der Waals surface area contributed by atoms with E-state index in [1.807, 2.05) is 0 Å². The summed E-state index contributed by atoms with van der Waals surface area (Å²) in [5.74, 6) is -2.57. The number of nitrogens with one attached hydrogen (secondary N) is 1. The summed E-state index contributed by atoms with van der Waals surface area (Å²) in [4.78, 5) is 25.0. The van der Waals surface area contributed by atoms with Crippen LogP contribution in [-0.2, 0) is 26.7 Å². The molecule has 0 saturated carbocycles. The number of hydrogen-bond donors (Lipinski definition) is 3. The first kappa shape index (κ1) is 15.1. The zero-order chi connectivity index (χ0) is 14.8. The van der Waals surface area contributed by atoms with E-state index in [1.54, 1.807) is 18.7 Å². The molecule has 3 N–H and O–H groups in total. The van der Waals surface area contributed by atoms with Gasteiger partial charge in [-0.25, -0.2) is 13.4 Å². The summed E-state index contributed by atoms with van der Waals surface area (Å²) in [6.45, 7) is 1.57. The van der Waals surface area contributed by atoms with Crippen molar-refractivity contribution in [1.82, 2.24) is 14.3 Å².